The molecule has 0 spiro atoms. The van der Waals surface area contributed by atoms with Crippen molar-refractivity contribution < 1.29 is 14.2 Å². The van der Waals surface area contributed by atoms with Crippen LogP contribution in [0.15, 0.2) is 12.7 Å². The molecule has 2 N–H and O–H groups in total. The summed E-state index contributed by atoms with van der Waals surface area (Å²) in [6, 6.07) is 0. The molecule has 21 heavy (non-hydrogen) atoms. The maximum atomic E-state index is 6.08. The molecule has 1 fully saturated rings. The third kappa shape index (κ3) is 2.15. The summed E-state index contributed by atoms with van der Waals surface area (Å²) in [6.07, 6.45) is 3.12. The van der Waals surface area contributed by atoms with Crippen LogP contribution in [0.25, 0.3) is 11.2 Å². The molecule has 0 bridgehead atoms. The first kappa shape index (κ1) is 14.2. The highest BCUT2D eigenvalue weighted by molar-refractivity contribution is 5.81. The molecule has 1 saturated heterocycles. The Labute approximate surface area is 122 Å². The number of methoxy groups -OCH3 is 2. The van der Waals surface area contributed by atoms with Crippen LogP contribution in [0.5, 0.6) is 0 Å². The minimum Gasteiger partial charge on any atom is -0.382 e. The van der Waals surface area contributed by atoms with Gasteiger partial charge in [-0.1, -0.05) is 6.92 Å². The molecule has 3 heterocycles. The molecule has 114 valence electrons. The largest absolute Gasteiger partial charge is 0.382 e. The molecule has 0 amide bonds. The summed E-state index contributed by atoms with van der Waals surface area (Å²) in [5, 5.41) is 0. The minimum atomic E-state index is -0.357. The highest BCUT2D eigenvalue weighted by Crippen LogP contribution is 2.36. The van der Waals surface area contributed by atoms with Crippen LogP contribution in [0.1, 0.15) is 19.6 Å². The SMILES string of the molecule is CC[C@H]1O[C@@H](n2cnc3c(N)ncnc32)C(OC)[C@H]1OC. The summed E-state index contributed by atoms with van der Waals surface area (Å²) in [4.78, 5) is 12.5. The van der Waals surface area contributed by atoms with E-state index in [-0.39, 0.29) is 24.5 Å². The first-order chi connectivity index (χ1) is 10.2. The van der Waals surface area contributed by atoms with Crippen molar-refractivity contribution >= 4 is 17.0 Å². The van der Waals surface area contributed by atoms with Gasteiger partial charge >= 0.3 is 0 Å². The van der Waals surface area contributed by atoms with Crippen molar-refractivity contribution in [1.29, 1.82) is 0 Å². The predicted molar refractivity (Wildman–Crippen MR) is 75.5 cm³/mol. The predicted octanol–water partition coefficient (Wildman–Crippen LogP) is 0.746. The molecule has 0 radical (unpaired) electrons. The average molecular weight is 293 g/mol. The first-order valence-electron chi connectivity index (χ1n) is 6.85. The number of nitrogens with two attached hydrogens (primary N) is 1. The second-order valence-electron chi connectivity index (χ2n) is 4.96. The molecule has 8 nitrogen and oxygen atoms in total. The van der Waals surface area contributed by atoms with Gasteiger partial charge in [0.2, 0.25) is 0 Å². The maximum absolute atomic E-state index is 6.08. The van der Waals surface area contributed by atoms with Gasteiger partial charge in [0.25, 0.3) is 0 Å². The van der Waals surface area contributed by atoms with Gasteiger partial charge in [0.1, 0.15) is 24.1 Å². The zero-order valence-corrected chi connectivity index (χ0v) is 12.3. The van der Waals surface area contributed by atoms with Crippen molar-refractivity contribution in [1.82, 2.24) is 19.5 Å². The molecule has 1 aliphatic rings. The topological polar surface area (TPSA) is 97.3 Å². The lowest BCUT2D eigenvalue weighted by Gasteiger charge is -2.21. The van der Waals surface area contributed by atoms with Crippen molar-refractivity contribution in [2.45, 2.75) is 37.9 Å². The third-order valence-corrected chi connectivity index (χ3v) is 3.89. The molecule has 4 atom stereocenters. The molecular formula is C13H19N5O3. The second kappa shape index (κ2) is 5.55. The molecule has 1 aliphatic heterocycles. The molecule has 0 aliphatic carbocycles. The van der Waals surface area contributed by atoms with Crippen LogP contribution >= 0.6 is 0 Å². The number of rotatable bonds is 4. The van der Waals surface area contributed by atoms with E-state index in [1.54, 1.807) is 20.5 Å². The summed E-state index contributed by atoms with van der Waals surface area (Å²) in [5.74, 6) is 0.348. The number of nitrogens with zero attached hydrogens (tertiary/aromatic N) is 4. The van der Waals surface area contributed by atoms with E-state index in [9.17, 15) is 0 Å². The van der Waals surface area contributed by atoms with Gasteiger partial charge in [-0.3, -0.25) is 4.57 Å². The van der Waals surface area contributed by atoms with Crippen molar-refractivity contribution in [3.63, 3.8) is 0 Å². The van der Waals surface area contributed by atoms with Crippen molar-refractivity contribution in [3.05, 3.63) is 12.7 Å². The number of imidazole rings is 1. The maximum Gasteiger partial charge on any atom is 0.167 e. The molecule has 2 aromatic heterocycles. The van der Waals surface area contributed by atoms with Crippen LogP contribution < -0.4 is 5.73 Å². The van der Waals surface area contributed by atoms with Gasteiger partial charge in [0.05, 0.1) is 12.4 Å². The molecule has 1 unspecified atom stereocenters. The van der Waals surface area contributed by atoms with E-state index in [1.165, 1.54) is 6.33 Å². The highest BCUT2D eigenvalue weighted by atomic mass is 16.6. The average Bonchev–Trinajstić information content (AvgIpc) is 3.07. The highest BCUT2D eigenvalue weighted by Gasteiger charge is 2.45. The third-order valence-electron chi connectivity index (χ3n) is 3.89. The number of nitrogen functional groups attached to an aromatic ring is 1. The van der Waals surface area contributed by atoms with Gasteiger partial charge in [-0.15, -0.1) is 0 Å². The second-order valence-corrected chi connectivity index (χ2v) is 4.96. The molecule has 2 aromatic rings. The fourth-order valence-electron chi connectivity index (χ4n) is 2.85. The summed E-state index contributed by atoms with van der Waals surface area (Å²) in [6.45, 7) is 2.05. The van der Waals surface area contributed by atoms with Crippen molar-refractivity contribution in [2.75, 3.05) is 20.0 Å². The summed E-state index contributed by atoms with van der Waals surface area (Å²) < 4.78 is 19.0. The number of hydrogen-bond donors (Lipinski definition) is 1. The van der Waals surface area contributed by atoms with Gasteiger partial charge < -0.3 is 19.9 Å². The van der Waals surface area contributed by atoms with Crippen LogP contribution in [-0.4, -0.2) is 52.1 Å². The normalized spacial score (nSPS) is 29.3. The van der Waals surface area contributed by atoms with Crippen LogP contribution in [0.3, 0.4) is 0 Å². The van der Waals surface area contributed by atoms with Crippen LogP contribution in [0.4, 0.5) is 5.82 Å². The zero-order valence-electron chi connectivity index (χ0n) is 12.3. The fraction of sp³-hybridized carbons (Fsp3) is 0.615. The van der Waals surface area contributed by atoms with Crippen LogP contribution in [0.2, 0.25) is 0 Å². The van der Waals surface area contributed by atoms with Crippen LogP contribution in [-0.2, 0) is 14.2 Å². The van der Waals surface area contributed by atoms with Gasteiger partial charge in [-0.25, -0.2) is 15.0 Å². The van der Waals surface area contributed by atoms with Gasteiger partial charge in [-0.05, 0) is 6.42 Å². The Morgan fingerprint density at radius 1 is 1.24 bits per heavy atom. The quantitative estimate of drug-likeness (QED) is 0.888. The monoisotopic (exact) mass is 293 g/mol. The summed E-state index contributed by atoms with van der Waals surface area (Å²) in [5.41, 5.74) is 7.00. The Hall–Kier alpha value is -1.77. The molecular weight excluding hydrogens is 274 g/mol. The Morgan fingerprint density at radius 3 is 2.67 bits per heavy atom. The lowest BCUT2D eigenvalue weighted by Crippen LogP contribution is -2.34. The van der Waals surface area contributed by atoms with Crippen molar-refractivity contribution in [3.8, 4) is 0 Å². The molecule has 0 saturated carbocycles. The molecule has 0 aromatic carbocycles. The summed E-state index contributed by atoms with van der Waals surface area (Å²) >= 11 is 0. The minimum absolute atomic E-state index is 0.0402. The number of hydrogen-bond acceptors (Lipinski definition) is 7. The Morgan fingerprint density at radius 2 is 2.00 bits per heavy atom. The Bertz CT molecular complexity index is 631. The number of ether oxygens (including phenoxy) is 3. The smallest absolute Gasteiger partial charge is 0.167 e. The van der Waals surface area contributed by atoms with E-state index in [2.05, 4.69) is 21.9 Å². The Balaban J connectivity index is 2.03. The summed E-state index contributed by atoms with van der Waals surface area (Å²) in [7, 11) is 3.31. The van der Waals surface area contributed by atoms with Gasteiger partial charge in [0.15, 0.2) is 17.7 Å². The molecule has 3 rings (SSSR count). The number of fused-ring (bicyclic) bond motifs is 1. The number of aromatic nitrogens is 4. The molecule has 8 heteroatoms. The van der Waals surface area contributed by atoms with E-state index >= 15 is 0 Å². The standard InChI is InChI=1S/C13H19N5O3/c1-4-7-9(19-2)10(20-3)13(21-7)18-6-17-8-11(14)15-5-16-12(8)18/h5-7,9-10,13H,4H2,1-3H3,(H2,14,15,16)/t7-,9+,10?,13-/m1/s1. The first-order valence-corrected chi connectivity index (χ1v) is 6.85. The van der Waals surface area contributed by atoms with E-state index in [4.69, 9.17) is 19.9 Å². The van der Waals surface area contributed by atoms with Crippen molar-refractivity contribution in [2.24, 2.45) is 0 Å². The van der Waals surface area contributed by atoms with E-state index in [0.717, 1.165) is 6.42 Å². The Kier molecular flexibility index (Phi) is 3.75. The van der Waals surface area contributed by atoms with E-state index < -0.39 is 0 Å². The van der Waals surface area contributed by atoms with Gasteiger partial charge in [-0.2, -0.15) is 0 Å². The lowest BCUT2D eigenvalue weighted by atomic mass is 10.1. The van der Waals surface area contributed by atoms with Crippen LogP contribution in [0, 0.1) is 0 Å². The lowest BCUT2D eigenvalue weighted by molar-refractivity contribution is -0.0517. The zero-order chi connectivity index (χ0) is 15.0. The van der Waals surface area contributed by atoms with E-state index in [0.29, 0.717) is 17.0 Å². The number of anilines is 1. The van der Waals surface area contributed by atoms with E-state index in [1.807, 2.05) is 4.57 Å². The van der Waals surface area contributed by atoms with Gasteiger partial charge in [0, 0.05) is 14.2 Å². The fourth-order valence-corrected chi connectivity index (χ4v) is 2.85.